The zero-order valence-corrected chi connectivity index (χ0v) is 7.88. The Bertz CT molecular complexity index is 202. The lowest BCUT2D eigenvalue weighted by Crippen LogP contribution is -2.42. The molecule has 0 radical (unpaired) electrons. The van der Waals surface area contributed by atoms with Gasteiger partial charge in [-0.3, -0.25) is 9.59 Å². The lowest BCUT2D eigenvalue weighted by atomic mass is 9.72. The highest BCUT2D eigenvalue weighted by atomic mass is 16.2. The van der Waals surface area contributed by atoms with Gasteiger partial charge in [0, 0.05) is 0 Å². The Hall–Kier alpha value is -0.990. The highest BCUT2D eigenvalue weighted by Crippen LogP contribution is 2.27. The minimum absolute atomic E-state index is 0.273. The number of ketones is 2. The van der Waals surface area contributed by atoms with Crippen LogP contribution in [0.1, 0.15) is 27.7 Å². The highest BCUT2D eigenvalue weighted by Gasteiger charge is 2.43. The number of Topliss-reactive ketones (excluding diaryl/α,β-unsaturated/α-hetero) is 2. The third-order valence-corrected chi connectivity index (χ3v) is 2.26. The molecule has 0 rings (SSSR count). The van der Waals surface area contributed by atoms with Crippen LogP contribution in [-0.2, 0) is 14.4 Å². The Morgan fingerprint density at radius 3 is 1.50 bits per heavy atom. The first-order valence-electron chi connectivity index (χ1n) is 3.88. The molecule has 0 amide bonds. The van der Waals surface area contributed by atoms with E-state index in [-0.39, 0.29) is 17.5 Å². The van der Waals surface area contributed by atoms with Gasteiger partial charge in [0.15, 0.2) is 11.6 Å². The molecule has 3 nitrogen and oxygen atoms in total. The molecule has 0 atom stereocenters. The van der Waals surface area contributed by atoms with E-state index in [0.29, 0.717) is 6.29 Å². The second kappa shape index (κ2) is 3.61. The predicted octanol–water partition coefficient (Wildman–Crippen LogP) is 1.01. The number of carbonyl (C=O) groups is 3. The van der Waals surface area contributed by atoms with Crippen molar-refractivity contribution >= 4 is 17.9 Å². The van der Waals surface area contributed by atoms with Crippen LogP contribution in [0.25, 0.3) is 0 Å². The van der Waals surface area contributed by atoms with E-state index in [9.17, 15) is 14.4 Å². The minimum atomic E-state index is -1.42. The molecule has 0 aromatic rings. The highest BCUT2D eigenvalue weighted by molar-refractivity contribution is 6.17. The van der Waals surface area contributed by atoms with E-state index in [1.165, 1.54) is 13.8 Å². The van der Waals surface area contributed by atoms with Gasteiger partial charge in [-0.05, 0) is 19.8 Å². The molecule has 0 bridgehead atoms. The molecule has 0 aliphatic heterocycles. The molecule has 0 saturated heterocycles. The molecule has 12 heavy (non-hydrogen) atoms. The van der Waals surface area contributed by atoms with Gasteiger partial charge in [0.05, 0.1) is 0 Å². The average molecular weight is 170 g/mol. The van der Waals surface area contributed by atoms with Gasteiger partial charge in [0.25, 0.3) is 0 Å². The molecule has 0 N–H and O–H groups in total. The van der Waals surface area contributed by atoms with Gasteiger partial charge < -0.3 is 4.79 Å². The molecule has 0 unspecified atom stereocenters. The SMILES string of the molecule is CC(=O)C(C=O)(C(C)=O)C(C)C. The smallest absolute Gasteiger partial charge is 0.150 e. The summed E-state index contributed by atoms with van der Waals surface area (Å²) in [7, 11) is 0. The molecule has 0 fully saturated rings. The van der Waals surface area contributed by atoms with Crippen molar-refractivity contribution < 1.29 is 14.4 Å². The van der Waals surface area contributed by atoms with Crippen LogP contribution in [0.2, 0.25) is 0 Å². The van der Waals surface area contributed by atoms with Crippen molar-refractivity contribution in [3.63, 3.8) is 0 Å². The Balaban J connectivity index is 5.18. The lowest BCUT2D eigenvalue weighted by molar-refractivity contribution is -0.145. The number of hydrogen-bond donors (Lipinski definition) is 0. The Labute approximate surface area is 72.1 Å². The second-order valence-electron chi connectivity index (χ2n) is 3.25. The maximum atomic E-state index is 11.1. The van der Waals surface area contributed by atoms with E-state index in [1.807, 2.05) is 0 Å². The van der Waals surface area contributed by atoms with Gasteiger partial charge in [0.2, 0.25) is 0 Å². The number of rotatable bonds is 4. The van der Waals surface area contributed by atoms with Crippen LogP contribution in [0.15, 0.2) is 0 Å². The van der Waals surface area contributed by atoms with Crippen molar-refractivity contribution in [1.29, 1.82) is 0 Å². The molecule has 3 heteroatoms. The maximum Gasteiger partial charge on any atom is 0.150 e. The van der Waals surface area contributed by atoms with E-state index in [0.717, 1.165) is 0 Å². The second-order valence-corrected chi connectivity index (χ2v) is 3.25. The van der Waals surface area contributed by atoms with Gasteiger partial charge in [-0.15, -0.1) is 0 Å². The fourth-order valence-electron chi connectivity index (χ4n) is 1.36. The summed E-state index contributed by atoms with van der Waals surface area (Å²) in [6.45, 7) is 5.93. The zero-order valence-electron chi connectivity index (χ0n) is 7.88. The maximum absolute atomic E-state index is 11.1. The van der Waals surface area contributed by atoms with Crippen molar-refractivity contribution in [3.8, 4) is 0 Å². The Morgan fingerprint density at radius 1 is 1.17 bits per heavy atom. The van der Waals surface area contributed by atoms with Crippen LogP contribution in [0.3, 0.4) is 0 Å². The molecule has 0 heterocycles. The van der Waals surface area contributed by atoms with Crippen LogP contribution in [0.4, 0.5) is 0 Å². The Morgan fingerprint density at radius 2 is 1.50 bits per heavy atom. The third-order valence-electron chi connectivity index (χ3n) is 2.26. The largest absolute Gasteiger partial charge is 0.302 e. The van der Waals surface area contributed by atoms with E-state index in [4.69, 9.17) is 0 Å². The van der Waals surface area contributed by atoms with Gasteiger partial charge in [-0.2, -0.15) is 0 Å². The van der Waals surface area contributed by atoms with Gasteiger partial charge in [-0.1, -0.05) is 13.8 Å². The number of hydrogen-bond acceptors (Lipinski definition) is 3. The summed E-state index contributed by atoms with van der Waals surface area (Å²) < 4.78 is 0. The summed E-state index contributed by atoms with van der Waals surface area (Å²) in [6.07, 6.45) is 0.461. The standard InChI is InChI=1S/C9H14O3/c1-6(2)9(5-10,7(3)11)8(4)12/h5-6H,1-4H3. The first kappa shape index (κ1) is 11.0. The lowest BCUT2D eigenvalue weighted by Gasteiger charge is -2.25. The molecule has 0 aliphatic rings. The molecule has 0 aromatic carbocycles. The first-order chi connectivity index (χ1) is 5.39. The molecule has 0 spiro atoms. The fraction of sp³-hybridized carbons (Fsp3) is 0.667. The van der Waals surface area contributed by atoms with Crippen LogP contribution in [0.5, 0.6) is 0 Å². The molecule has 68 valence electrons. The summed E-state index contributed by atoms with van der Waals surface area (Å²) in [5.74, 6) is -1.02. The van der Waals surface area contributed by atoms with Gasteiger partial charge in [-0.25, -0.2) is 0 Å². The summed E-state index contributed by atoms with van der Waals surface area (Å²) in [6, 6.07) is 0. The monoisotopic (exact) mass is 170 g/mol. The molecular weight excluding hydrogens is 156 g/mol. The molecule has 0 aromatic heterocycles. The average Bonchev–Trinajstić information content (AvgIpc) is 1.86. The van der Waals surface area contributed by atoms with Crippen molar-refractivity contribution in [2.45, 2.75) is 27.7 Å². The molecule has 0 saturated carbocycles. The van der Waals surface area contributed by atoms with E-state index in [2.05, 4.69) is 0 Å². The number of carbonyl (C=O) groups excluding carboxylic acids is 3. The third kappa shape index (κ3) is 1.44. The zero-order chi connectivity index (χ0) is 9.94. The first-order valence-corrected chi connectivity index (χ1v) is 3.88. The predicted molar refractivity (Wildman–Crippen MR) is 44.7 cm³/mol. The van der Waals surface area contributed by atoms with Crippen LogP contribution < -0.4 is 0 Å². The normalized spacial score (nSPS) is 11.4. The molecule has 0 aliphatic carbocycles. The quantitative estimate of drug-likeness (QED) is 0.467. The summed E-state index contributed by atoms with van der Waals surface area (Å²) in [5, 5.41) is 0. The Kier molecular flexibility index (Phi) is 3.31. The van der Waals surface area contributed by atoms with Gasteiger partial charge >= 0.3 is 0 Å². The van der Waals surface area contributed by atoms with Crippen LogP contribution in [-0.4, -0.2) is 17.9 Å². The summed E-state index contributed by atoms with van der Waals surface area (Å²) in [4.78, 5) is 33.0. The minimum Gasteiger partial charge on any atom is -0.302 e. The van der Waals surface area contributed by atoms with E-state index in [1.54, 1.807) is 13.8 Å². The van der Waals surface area contributed by atoms with Crippen LogP contribution in [0, 0.1) is 11.3 Å². The van der Waals surface area contributed by atoms with Crippen molar-refractivity contribution in [2.75, 3.05) is 0 Å². The molecular formula is C9H14O3. The van der Waals surface area contributed by atoms with Gasteiger partial charge in [0.1, 0.15) is 11.7 Å². The van der Waals surface area contributed by atoms with E-state index >= 15 is 0 Å². The van der Waals surface area contributed by atoms with E-state index < -0.39 is 5.41 Å². The van der Waals surface area contributed by atoms with Crippen molar-refractivity contribution in [3.05, 3.63) is 0 Å². The topological polar surface area (TPSA) is 51.2 Å². The van der Waals surface area contributed by atoms with Crippen LogP contribution >= 0.6 is 0 Å². The van der Waals surface area contributed by atoms with Crippen molar-refractivity contribution in [1.82, 2.24) is 0 Å². The summed E-state index contributed by atoms with van der Waals surface area (Å²) in [5.41, 5.74) is -1.42. The number of aldehydes is 1. The fourth-order valence-corrected chi connectivity index (χ4v) is 1.36. The van der Waals surface area contributed by atoms with Crippen molar-refractivity contribution in [2.24, 2.45) is 11.3 Å². The summed E-state index contributed by atoms with van der Waals surface area (Å²) >= 11 is 0.